The lowest BCUT2D eigenvalue weighted by atomic mass is 10.1. The molecule has 0 bridgehead atoms. The summed E-state index contributed by atoms with van der Waals surface area (Å²) < 4.78 is 8.92. The summed E-state index contributed by atoms with van der Waals surface area (Å²) in [5.41, 5.74) is 7.27. The molecule has 0 aliphatic heterocycles. The molecule has 9 aromatic carbocycles. The third-order valence-electron chi connectivity index (χ3n) is 12.1. The maximum atomic E-state index is 9.01. The van der Waals surface area contributed by atoms with Crippen molar-refractivity contribution >= 4 is 90.5 Å². The number of amidine groups is 2. The van der Waals surface area contributed by atoms with Gasteiger partial charge in [-0.2, -0.15) is 0 Å². The molecule has 6 heteroatoms. The molecule has 63 heavy (non-hydrogen) atoms. The predicted octanol–water partition coefficient (Wildman–Crippen LogP) is 11.0. The van der Waals surface area contributed by atoms with E-state index in [1.807, 2.05) is 85.1 Å². The van der Waals surface area contributed by atoms with Gasteiger partial charge in [0, 0.05) is 44.6 Å². The van der Waals surface area contributed by atoms with Crippen LogP contribution >= 0.6 is 0 Å². The molecule has 2 aromatic heterocycles. The standard InChI is InChI=1S/C57H40N4OSi/c58-56(41-21-8-2-9-22-41)60-57(59-39-40-19-6-1-7-20-40)42-23-18-24-43(35-42)61-52-34-33-47(36-49(52)50-38-55-51(37-53(50)61)48-31-16-17-32-54(48)62-55)63(44-25-10-3-11-26-44,45-27-12-4-13-28-45)46-29-14-5-15-30-46/h1-39,58H/b58-56?,59-39+,60-57-. The van der Waals surface area contributed by atoms with E-state index >= 15 is 0 Å². The topological polar surface area (TPSA) is 66.6 Å². The van der Waals surface area contributed by atoms with Gasteiger partial charge in [-0.3, -0.25) is 5.41 Å². The van der Waals surface area contributed by atoms with Gasteiger partial charge in [0.15, 0.2) is 19.7 Å². The summed E-state index contributed by atoms with van der Waals surface area (Å²) in [6.45, 7) is 0. The third-order valence-corrected chi connectivity index (χ3v) is 16.9. The van der Waals surface area contributed by atoms with E-state index in [1.54, 1.807) is 0 Å². The van der Waals surface area contributed by atoms with Crippen molar-refractivity contribution in [3.8, 4) is 5.69 Å². The monoisotopic (exact) mass is 824 g/mol. The van der Waals surface area contributed by atoms with Gasteiger partial charge in [0.2, 0.25) is 0 Å². The highest BCUT2D eigenvalue weighted by Gasteiger charge is 2.41. The molecule has 0 spiro atoms. The van der Waals surface area contributed by atoms with E-state index in [0.29, 0.717) is 5.84 Å². The Labute approximate surface area is 366 Å². The molecule has 5 nitrogen and oxygen atoms in total. The molecule has 0 aliphatic rings. The molecule has 11 rings (SSSR count). The first-order chi connectivity index (χ1) is 31.1. The van der Waals surface area contributed by atoms with E-state index in [0.717, 1.165) is 66.1 Å². The van der Waals surface area contributed by atoms with Crippen LogP contribution in [0.25, 0.3) is 49.4 Å². The van der Waals surface area contributed by atoms with Crippen molar-refractivity contribution in [1.82, 2.24) is 4.57 Å². The SMILES string of the molecule is N=C(/N=C(\N=C\c1ccccc1)c1cccc(-n2c3ccc([Si](c4ccccc4)(c4ccccc4)c4ccccc4)cc3c3cc4oc5ccccc5c4cc32)c1)c1ccccc1. The average molecular weight is 825 g/mol. The summed E-state index contributed by atoms with van der Waals surface area (Å²) >= 11 is 0. The summed E-state index contributed by atoms with van der Waals surface area (Å²) in [7, 11) is -2.84. The molecule has 0 unspecified atom stereocenters. The second-order valence-corrected chi connectivity index (χ2v) is 19.6. The second kappa shape index (κ2) is 16.0. The number of fused-ring (bicyclic) bond motifs is 6. The Morgan fingerprint density at radius 1 is 0.444 bits per heavy atom. The van der Waals surface area contributed by atoms with E-state index in [9.17, 15) is 0 Å². The Balaban J connectivity index is 1.17. The van der Waals surface area contributed by atoms with Gasteiger partial charge in [0.25, 0.3) is 0 Å². The van der Waals surface area contributed by atoms with Gasteiger partial charge in [0.05, 0.1) is 11.0 Å². The fourth-order valence-electron chi connectivity index (χ4n) is 9.21. The Morgan fingerprint density at radius 3 is 1.68 bits per heavy atom. The Bertz CT molecular complexity index is 3410. The zero-order valence-corrected chi connectivity index (χ0v) is 35.3. The van der Waals surface area contributed by atoms with Crippen molar-refractivity contribution in [2.75, 3.05) is 0 Å². The van der Waals surface area contributed by atoms with Crippen LogP contribution in [-0.2, 0) is 0 Å². The predicted molar refractivity (Wildman–Crippen MR) is 266 cm³/mol. The fourth-order valence-corrected chi connectivity index (χ4v) is 14.0. The van der Waals surface area contributed by atoms with Crippen LogP contribution in [-0.4, -0.2) is 30.5 Å². The Hall–Kier alpha value is -8.19. The number of hydrogen-bond donors (Lipinski definition) is 1. The van der Waals surface area contributed by atoms with Gasteiger partial charge < -0.3 is 8.98 Å². The van der Waals surface area contributed by atoms with Crippen LogP contribution in [0.2, 0.25) is 0 Å². The summed E-state index contributed by atoms with van der Waals surface area (Å²) in [5.74, 6) is 0.591. The van der Waals surface area contributed by atoms with Crippen LogP contribution in [0.3, 0.4) is 0 Å². The second-order valence-electron chi connectivity index (χ2n) is 15.7. The number of nitrogens with zero attached hydrogens (tertiary/aromatic N) is 3. The number of furan rings is 1. The van der Waals surface area contributed by atoms with Crippen LogP contribution in [0.1, 0.15) is 16.7 Å². The number of benzene rings is 9. The van der Waals surface area contributed by atoms with E-state index < -0.39 is 8.07 Å². The van der Waals surface area contributed by atoms with Crippen LogP contribution in [0.4, 0.5) is 0 Å². The normalized spacial score (nSPS) is 12.2. The maximum absolute atomic E-state index is 9.01. The summed E-state index contributed by atoms with van der Waals surface area (Å²) in [6.07, 6.45) is 1.81. The third kappa shape index (κ3) is 6.70. The molecule has 0 radical (unpaired) electrons. The lowest BCUT2D eigenvalue weighted by Crippen LogP contribution is -2.74. The maximum Gasteiger partial charge on any atom is 0.179 e. The number of hydrogen-bond acceptors (Lipinski definition) is 2. The zero-order chi connectivity index (χ0) is 42.2. The highest BCUT2D eigenvalue weighted by molar-refractivity contribution is 7.20. The molecule has 298 valence electrons. The Kier molecular flexibility index (Phi) is 9.60. The first-order valence-electron chi connectivity index (χ1n) is 21.1. The quantitative estimate of drug-likeness (QED) is 0.0705. The molecule has 11 aromatic rings. The van der Waals surface area contributed by atoms with Crippen molar-refractivity contribution < 1.29 is 4.42 Å². The van der Waals surface area contributed by atoms with Crippen molar-refractivity contribution in [1.29, 1.82) is 5.41 Å². The molecular weight excluding hydrogens is 785 g/mol. The molecule has 0 saturated carbocycles. The number of aromatic nitrogens is 1. The zero-order valence-electron chi connectivity index (χ0n) is 34.3. The summed E-state index contributed by atoms with van der Waals surface area (Å²) in [5, 5.41) is 18.6. The van der Waals surface area contributed by atoms with Crippen molar-refractivity contribution in [3.05, 3.63) is 247 Å². The van der Waals surface area contributed by atoms with Crippen molar-refractivity contribution in [2.24, 2.45) is 9.98 Å². The lowest BCUT2D eigenvalue weighted by Gasteiger charge is -2.34. The average Bonchev–Trinajstić information content (AvgIpc) is 3.88. The molecule has 0 amide bonds. The first-order valence-corrected chi connectivity index (χ1v) is 23.1. The minimum Gasteiger partial charge on any atom is -0.456 e. The molecule has 1 N–H and O–H groups in total. The van der Waals surface area contributed by atoms with Gasteiger partial charge in [-0.05, 0) is 62.7 Å². The lowest BCUT2D eigenvalue weighted by molar-refractivity contribution is 0.669. The molecule has 0 atom stereocenters. The highest BCUT2D eigenvalue weighted by Crippen LogP contribution is 2.38. The molecular formula is C57H40N4OSi. The van der Waals surface area contributed by atoms with Gasteiger partial charge in [0.1, 0.15) is 11.2 Å². The van der Waals surface area contributed by atoms with E-state index in [4.69, 9.17) is 19.8 Å². The van der Waals surface area contributed by atoms with Crippen molar-refractivity contribution in [3.63, 3.8) is 0 Å². The van der Waals surface area contributed by atoms with Crippen LogP contribution in [0.15, 0.2) is 245 Å². The van der Waals surface area contributed by atoms with Crippen molar-refractivity contribution in [2.45, 2.75) is 0 Å². The summed E-state index contributed by atoms with van der Waals surface area (Å²) in [6, 6.07) is 81.0. The molecule has 0 saturated heterocycles. The smallest absolute Gasteiger partial charge is 0.179 e. The molecule has 2 heterocycles. The van der Waals surface area contributed by atoms with Gasteiger partial charge in [-0.25, -0.2) is 9.98 Å². The molecule has 0 fully saturated rings. The summed E-state index contributed by atoms with van der Waals surface area (Å²) in [4.78, 5) is 9.79. The van der Waals surface area contributed by atoms with Crippen LogP contribution in [0, 0.1) is 5.41 Å². The van der Waals surface area contributed by atoms with E-state index in [1.165, 1.54) is 20.7 Å². The number of nitrogens with one attached hydrogen (secondary N) is 1. The fraction of sp³-hybridized carbons (Fsp3) is 0. The minimum atomic E-state index is -2.84. The number of rotatable bonds is 8. The molecule has 0 aliphatic carbocycles. The van der Waals surface area contributed by atoms with Gasteiger partial charge in [-0.1, -0.05) is 194 Å². The minimum absolute atomic E-state index is 0.141. The van der Waals surface area contributed by atoms with Crippen LogP contribution in [0.5, 0.6) is 0 Å². The van der Waals surface area contributed by atoms with Gasteiger partial charge in [-0.15, -0.1) is 0 Å². The van der Waals surface area contributed by atoms with E-state index in [2.05, 4.69) is 156 Å². The highest BCUT2D eigenvalue weighted by atomic mass is 28.3. The number of para-hydroxylation sites is 1. The van der Waals surface area contributed by atoms with Crippen LogP contribution < -0.4 is 20.7 Å². The largest absolute Gasteiger partial charge is 0.456 e. The Morgan fingerprint density at radius 2 is 1.02 bits per heavy atom. The van der Waals surface area contributed by atoms with E-state index in [-0.39, 0.29) is 5.84 Å². The first kappa shape index (κ1) is 37.8. The number of aliphatic imine (C=N–C) groups is 2. The van der Waals surface area contributed by atoms with Gasteiger partial charge >= 0.3 is 0 Å².